The van der Waals surface area contributed by atoms with Crippen LogP contribution in [0.5, 0.6) is 0 Å². The lowest BCUT2D eigenvalue weighted by Gasteiger charge is -2.40. The Labute approximate surface area is 188 Å². The number of anilines is 1. The van der Waals surface area contributed by atoms with Gasteiger partial charge in [0.05, 0.1) is 5.69 Å². The second kappa shape index (κ2) is 8.16. The number of pyridine rings is 1. The molecule has 2 aliphatic rings. The summed E-state index contributed by atoms with van der Waals surface area (Å²) in [6.45, 7) is 12.6. The van der Waals surface area contributed by atoms with E-state index >= 15 is 4.39 Å². The molecule has 1 saturated heterocycles. The molecule has 1 fully saturated rings. The SMILES string of the molecule is CC1=CC(c2nc(=O)n3cc(N4CCNC(C)(C)C4)cc(F)c3n2)=C/C(=C/C(C)C)N1C. The van der Waals surface area contributed by atoms with E-state index in [-0.39, 0.29) is 17.0 Å². The monoisotopic (exact) mass is 438 g/mol. The van der Waals surface area contributed by atoms with Crippen molar-refractivity contribution >= 4 is 16.9 Å². The highest BCUT2D eigenvalue weighted by Gasteiger charge is 2.27. The molecule has 0 aromatic carbocycles. The Balaban J connectivity index is 1.78. The minimum atomic E-state index is -0.541. The van der Waals surface area contributed by atoms with Gasteiger partial charge in [-0.05, 0) is 38.8 Å². The number of hydrogen-bond acceptors (Lipinski definition) is 6. The second-order valence-electron chi connectivity index (χ2n) is 9.58. The number of hydrogen-bond donors (Lipinski definition) is 1. The smallest absolute Gasteiger partial charge is 0.355 e. The molecular formula is C24H31FN6O. The molecule has 0 spiro atoms. The molecule has 0 amide bonds. The highest BCUT2D eigenvalue weighted by molar-refractivity contribution is 5.75. The fourth-order valence-corrected chi connectivity index (χ4v) is 4.18. The van der Waals surface area contributed by atoms with Crippen LogP contribution < -0.4 is 15.9 Å². The maximum atomic E-state index is 15.2. The van der Waals surface area contributed by atoms with Crippen LogP contribution in [-0.4, -0.2) is 51.5 Å². The van der Waals surface area contributed by atoms with E-state index < -0.39 is 11.5 Å². The number of aromatic nitrogens is 3. The van der Waals surface area contributed by atoms with Gasteiger partial charge in [0.2, 0.25) is 0 Å². The zero-order valence-electron chi connectivity index (χ0n) is 19.6. The Morgan fingerprint density at radius 3 is 2.69 bits per heavy atom. The van der Waals surface area contributed by atoms with Gasteiger partial charge in [-0.3, -0.25) is 0 Å². The lowest BCUT2D eigenvalue weighted by atomic mass is 10.0. The Morgan fingerprint density at radius 1 is 1.25 bits per heavy atom. The first-order valence-corrected chi connectivity index (χ1v) is 11.0. The molecule has 0 unspecified atom stereocenters. The van der Waals surface area contributed by atoms with Crippen molar-refractivity contribution < 1.29 is 4.39 Å². The van der Waals surface area contributed by atoms with Gasteiger partial charge in [0.1, 0.15) is 0 Å². The van der Waals surface area contributed by atoms with Crippen LogP contribution in [0.15, 0.2) is 46.7 Å². The van der Waals surface area contributed by atoms with E-state index in [1.165, 1.54) is 10.5 Å². The molecule has 4 rings (SSSR count). The molecule has 4 heterocycles. The first-order valence-electron chi connectivity index (χ1n) is 11.0. The number of halogens is 1. The molecule has 0 aliphatic carbocycles. The fourth-order valence-electron chi connectivity index (χ4n) is 4.18. The molecule has 2 aromatic heterocycles. The predicted octanol–water partition coefficient (Wildman–Crippen LogP) is 3.19. The van der Waals surface area contributed by atoms with Crippen molar-refractivity contribution in [1.29, 1.82) is 0 Å². The quantitative estimate of drug-likeness (QED) is 0.794. The summed E-state index contributed by atoms with van der Waals surface area (Å²) in [5.74, 6) is 0.0450. The summed E-state index contributed by atoms with van der Waals surface area (Å²) in [5, 5.41) is 3.44. The van der Waals surface area contributed by atoms with Gasteiger partial charge in [-0.15, -0.1) is 0 Å². The largest absolute Gasteiger partial charge is 0.367 e. The van der Waals surface area contributed by atoms with Crippen LogP contribution in [-0.2, 0) is 0 Å². The highest BCUT2D eigenvalue weighted by Crippen LogP contribution is 2.27. The summed E-state index contributed by atoms with van der Waals surface area (Å²) in [7, 11) is 1.99. The van der Waals surface area contributed by atoms with Gasteiger partial charge in [-0.1, -0.05) is 19.9 Å². The van der Waals surface area contributed by atoms with Gasteiger partial charge < -0.3 is 15.1 Å². The average molecular weight is 439 g/mol. The van der Waals surface area contributed by atoms with Crippen LogP contribution in [0, 0.1) is 11.7 Å². The van der Waals surface area contributed by atoms with Crippen molar-refractivity contribution in [1.82, 2.24) is 24.6 Å². The Kier molecular flexibility index (Phi) is 5.67. The predicted molar refractivity (Wildman–Crippen MR) is 126 cm³/mol. The third-order valence-corrected chi connectivity index (χ3v) is 5.88. The van der Waals surface area contributed by atoms with Gasteiger partial charge in [0.25, 0.3) is 0 Å². The Hall–Kier alpha value is -3.00. The van der Waals surface area contributed by atoms with E-state index in [0.29, 0.717) is 23.7 Å². The summed E-state index contributed by atoms with van der Waals surface area (Å²) < 4.78 is 16.4. The maximum absolute atomic E-state index is 15.2. The molecule has 7 nitrogen and oxygen atoms in total. The summed E-state index contributed by atoms with van der Waals surface area (Å²) >= 11 is 0. The number of fused-ring (bicyclic) bond motifs is 1. The van der Waals surface area contributed by atoms with Crippen molar-refractivity contribution in [2.45, 2.75) is 40.2 Å². The molecular weight excluding hydrogens is 407 g/mol. The minimum absolute atomic E-state index is 0.0154. The van der Waals surface area contributed by atoms with Gasteiger partial charge in [-0.2, -0.15) is 4.98 Å². The topological polar surface area (TPSA) is 65.8 Å². The number of nitrogens with zero attached hydrogens (tertiary/aromatic N) is 5. The third kappa shape index (κ3) is 4.32. The molecule has 0 atom stereocenters. The normalized spacial score (nSPS) is 20.2. The summed E-state index contributed by atoms with van der Waals surface area (Å²) in [6, 6.07) is 1.46. The van der Waals surface area contributed by atoms with E-state index in [4.69, 9.17) is 0 Å². The second-order valence-corrected chi connectivity index (χ2v) is 9.58. The number of allylic oxidation sites excluding steroid dienone is 5. The number of piperazine rings is 1. The van der Waals surface area contributed by atoms with Gasteiger partial charge in [0.15, 0.2) is 17.3 Å². The van der Waals surface area contributed by atoms with Crippen LogP contribution in [0.2, 0.25) is 0 Å². The standard InChI is InChI=1S/C24H31FN6O/c1-15(2)9-18-11-17(10-16(3)29(18)6)21-27-22-20(25)12-19(13-31(22)23(32)28-21)30-8-7-26-24(4,5)14-30/h9-13,15,26H,7-8,14H2,1-6H3/b18-9-. The molecule has 8 heteroatoms. The highest BCUT2D eigenvalue weighted by atomic mass is 19.1. The van der Waals surface area contributed by atoms with Crippen molar-refractivity contribution in [3.8, 4) is 0 Å². The van der Waals surface area contributed by atoms with E-state index in [9.17, 15) is 4.79 Å². The fraction of sp³-hybridized carbons (Fsp3) is 0.458. The third-order valence-electron chi connectivity index (χ3n) is 5.88. The first-order chi connectivity index (χ1) is 15.0. The van der Waals surface area contributed by atoms with Gasteiger partial charge in [-0.25, -0.2) is 18.6 Å². The zero-order valence-corrected chi connectivity index (χ0v) is 19.6. The van der Waals surface area contributed by atoms with Gasteiger partial charge >= 0.3 is 5.69 Å². The van der Waals surface area contributed by atoms with Gasteiger partial charge in [0, 0.05) is 61.5 Å². The van der Waals surface area contributed by atoms with E-state index in [1.54, 1.807) is 6.20 Å². The van der Waals surface area contributed by atoms with Crippen molar-refractivity contribution in [3.63, 3.8) is 0 Å². The Morgan fingerprint density at radius 2 is 2.00 bits per heavy atom. The summed E-state index contributed by atoms with van der Waals surface area (Å²) in [4.78, 5) is 25.7. The number of likely N-dealkylation sites (N-methyl/N-ethyl adjacent to an activating group) is 1. The molecule has 0 bridgehead atoms. The first kappa shape index (κ1) is 22.2. The lowest BCUT2D eigenvalue weighted by Crippen LogP contribution is -2.57. The molecule has 2 aromatic rings. The van der Waals surface area contributed by atoms with Crippen LogP contribution in [0.1, 0.15) is 40.4 Å². The Bertz CT molecular complexity index is 1210. The molecule has 0 radical (unpaired) electrons. The van der Waals surface area contributed by atoms with E-state index in [1.807, 2.05) is 26.1 Å². The van der Waals surface area contributed by atoms with Crippen LogP contribution in [0.3, 0.4) is 0 Å². The minimum Gasteiger partial charge on any atom is -0.367 e. The molecule has 170 valence electrons. The average Bonchev–Trinajstić information content (AvgIpc) is 2.70. The molecule has 2 aliphatic heterocycles. The number of nitrogens with one attached hydrogen (secondary N) is 1. The molecule has 32 heavy (non-hydrogen) atoms. The summed E-state index contributed by atoms with van der Waals surface area (Å²) in [6.07, 6.45) is 7.62. The molecule has 1 N–H and O–H groups in total. The van der Waals surface area contributed by atoms with Crippen molar-refractivity contribution in [2.75, 3.05) is 31.6 Å². The van der Waals surface area contributed by atoms with Crippen molar-refractivity contribution in [2.24, 2.45) is 5.92 Å². The van der Waals surface area contributed by atoms with Crippen LogP contribution >= 0.6 is 0 Å². The van der Waals surface area contributed by atoms with Crippen molar-refractivity contribution in [3.05, 3.63) is 64.0 Å². The van der Waals surface area contributed by atoms with Crippen LogP contribution in [0.4, 0.5) is 10.1 Å². The maximum Gasteiger partial charge on any atom is 0.355 e. The lowest BCUT2D eigenvalue weighted by molar-refractivity contribution is 0.352. The summed E-state index contributed by atoms with van der Waals surface area (Å²) in [5.41, 5.74) is 2.69. The molecule has 0 saturated carbocycles. The van der Waals surface area contributed by atoms with E-state index in [2.05, 4.69) is 58.9 Å². The van der Waals surface area contributed by atoms with Crippen LogP contribution in [0.25, 0.3) is 11.2 Å². The zero-order chi connectivity index (χ0) is 23.2. The van der Waals surface area contributed by atoms with E-state index in [0.717, 1.165) is 24.5 Å². The number of rotatable bonds is 3.